The average Bonchev–Trinajstić information content (AvgIpc) is 3.11. The van der Waals surface area contributed by atoms with Crippen LogP contribution in [0.2, 0.25) is 0 Å². The second-order valence-electron chi connectivity index (χ2n) is 6.16. The summed E-state index contributed by atoms with van der Waals surface area (Å²) in [4.78, 5) is 30.6. The monoisotopic (exact) mass is 313 g/mol. The Hall–Kier alpha value is -2.17. The smallest absolute Gasteiger partial charge is 0.261 e. The molecule has 0 aliphatic carbocycles. The zero-order chi connectivity index (χ0) is 16.1. The van der Waals surface area contributed by atoms with Gasteiger partial charge in [0.05, 0.1) is 17.2 Å². The molecule has 0 bridgehead atoms. The fourth-order valence-electron chi connectivity index (χ4n) is 3.13. The maximum atomic E-state index is 12.3. The van der Waals surface area contributed by atoms with Gasteiger partial charge in [-0.1, -0.05) is 18.6 Å². The van der Waals surface area contributed by atoms with Crippen molar-refractivity contribution in [1.29, 1.82) is 0 Å². The summed E-state index contributed by atoms with van der Waals surface area (Å²) in [6.45, 7) is 2.52. The van der Waals surface area contributed by atoms with Crippen molar-refractivity contribution in [2.45, 2.75) is 45.1 Å². The van der Waals surface area contributed by atoms with Crippen LogP contribution in [0.4, 0.5) is 0 Å². The minimum atomic E-state index is 0.0174. The molecule has 0 spiro atoms. The number of likely N-dealkylation sites (tertiary alicyclic amines) is 1. The van der Waals surface area contributed by atoms with Crippen molar-refractivity contribution in [3.8, 4) is 0 Å². The molecule has 0 atom stereocenters. The van der Waals surface area contributed by atoms with Crippen LogP contribution in [0, 0.1) is 0 Å². The highest BCUT2D eigenvalue weighted by atomic mass is 16.2. The van der Waals surface area contributed by atoms with Gasteiger partial charge in [-0.15, -0.1) is 0 Å². The Kier molecular flexibility index (Phi) is 5.05. The summed E-state index contributed by atoms with van der Waals surface area (Å²) in [6.07, 6.45) is 7.29. The molecule has 1 aromatic heterocycles. The molecule has 0 N–H and O–H groups in total. The van der Waals surface area contributed by atoms with Crippen molar-refractivity contribution < 1.29 is 4.79 Å². The van der Waals surface area contributed by atoms with Gasteiger partial charge < -0.3 is 4.90 Å². The first-order valence-electron chi connectivity index (χ1n) is 8.48. The number of nitrogens with zero attached hydrogens (tertiary/aromatic N) is 3. The lowest BCUT2D eigenvalue weighted by Crippen LogP contribution is -2.27. The molecule has 0 saturated carbocycles. The van der Waals surface area contributed by atoms with Crippen LogP contribution in [0.5, 0.6) is 0 Å². The third-order valence-corrected chi connectivity index (χ3v) is 4.48. The number of aryl methyl sites for hydroxylation is 1. The van der Waals surface area contributed by atoms with Crippen molar-refractivity contribution >= 4 is 16.8 Å². The minimum Gasteiger partial charge on any atom is -0.343 e. The van der Waals surface area contributed by atoms with Crippen molar-refractivity contribution in [1.82, 2.24) is 14.5 Å². The van der Waals surface area contributed by atoms with Gasteiger partial charge in [0, 0.05) is 26.1 Å². The van der Waals surface area contributed by atoms with Gasteiger partial charge in [0.1, 0.15) is 0 Å². The fourth-order valence-corrected chi connectivity index (χ4v) is 3.13. The first kappa shape index (κ1) is 15.7. The molecule has 2 heterocycles. The Morgan fingerprint density at radius 3 is 2.70 bits per heavy atom. The number of hydrogen-bond donors (Lipinski definition) is 0. The Morgan fingerprint density at radius 1 is 1.09 bits per heavy atom. The lowest BCUT2D eigenvalue weighted by Gasteiger charge is -2.14. The molecular weight excluding hydrogens is 290 g/mol. The summed E-state index contributed by atoms with van der Waals surface area (Å²) in [5.41, 5.74) is 0.758. The maximum absolute atomic E-state index is 12.3. The molecule has 3 rings (SSSR count). The molecule has 0 unspecified atom stereocenters. The number of fused-ring (bicyclic) bond motifs is 1. The van der Waals surface area contributed by atoms with Crippen molar-refractivity contribution in [2.24, 2.45) is 0 Å². The molecule has 1 aliphatic rings. The third-order valence-electron chi connectivity index (χ3n) is 4.48. The number of amides is 1. The summed E-state index contributed by atoms with van der Waals surface area (Å²) in [5, 5.41) is 0.666. The van der Waals surface area contributed by atoms with Gasteiger partial charge in [-0.3, -0.25) is 14.2 Å². The number of unbranched alkanes of at least 4 members (excludes halogenated alkanes) is 2. The van der Waals surface area contributed by atoms with E-state index in [1.807, 2.05) is 29.2 Å². The zero-order valence-corrected chi connectivity index (χ0v) is 13.4. The fraction of sp³-hybridized carbons (Fsp3) is 0.500. The Labute approximate surface area is 135 Å². The second-order valence-corrected chi connectivity index (χ2v) is 6.16. The average molecular weight is 313 g/mol. The molecule has 122 valence electrons. The molecule has 0 radical (unpaired) electrons. The van der Waals surface area contributed by atoms with Crippen LogP contribution in [0.15, 0.2) is 35.4 Å². The van der Waals surface area contributed by atoms with Gasteiger partial charge in [-0.05, 0) is 37.8 Å². The van der Waals surface area contributed by atoms with Crippen LogP contribution < -0.4 is 5.56 Å². The van der Waals surface area contributed by atoms with E-state index >= 15 is 0 Å². The normalized spacial score (nSPS) is 14.5. The van der Waals surface area contributed by atoms with E-state index in [1.54, 1.807) is 10.9 Å². The van der Waals surface area contributed by atoms with Crippen LogP contribution in [0.3, 0.4) is 0 Å². The topological polar surface area (TPSA) is 55.2 Å². The summed E-state index contributed by atoms with van der Waals surface area (Å²) in [5.74, 6) is 0.284. The summed E-state index contributed by atoms with van der Waals surface area (Å²) >= 11 is 0. The van der Waals surface area contributed by atoms with Gasteiger partial charge in [0.25, 0.3) is 5.56 Å². The number of para-hydroxylation sites is 1. The van der Waals surface area contributed by atoms with Crippen LogP contribution in [-0.4, -0.2) is 33.4 Å². The highest BCUT2D eigenvalue weighted by Gasteiger charge is 2.16. The number of rotatable bonds is 6. The van der Waals surface area contributed by atoms with E-state index < -0.39 is 0 Å². The van der Waals surface area contributed by atoms with Crippen LogP contribution in [-0.2, 0) is 11.3 Å². The molecule has 1 amide bonds. The Morgan fingerprint density at radius 2 is 1.87 bits per heavy atom. The van der Waals surface area contributed by atoms with Crippen molar-refractivity contribution in [3.05, 3.63) is 40.9 Å². The van der Waals surface area contributed by atoms with Gasteiger partial charge in [-0.25, -0.2) is 4.98 Å². The molecule has 5 heteroatoms. The quantitative estimate of drug-likeness (QED) is 0.770. The van der Waals surface area contributed by atoms with Crippen LogP contribution in [0.1, 0.15) is 38.5 Å². The molecular formula is C18H23N3O2. The lowest BCUT2D eigenvalue weighted by molar-refractivity contribution is -0.130. The highest BCUT2D eigenvalue weighted by molar-refractivity contribution is 5.77. The zero-order valence-electron chi connectivity index (χ0n) is 13.4. The summed E-state index contributed by atoms with van der Waals surface area (Å²) in [7, 11) is 0. The SMILES string of the molecule is O=C(CCCCCn1cnc2ccccc2c1=O)N1CCCC1. The van der Waals surface area contributed by atoms with E-state index in [9.17, 15) is 9.59 Å². The number of aromatic nitrogens is 2. The lowest BCUT2D eigenvalue weighted by atomic mass is 10.1. The first-order valence-corrected chi connectivity index (χ1v) is 8.48. The highest BCUT2D eigenvalue weighted by Crippen LogP contribution is 2.11. The predicted molar refractivity (Wildman–Crippen MR) is 90.3 cm³/mol. The predicted octanol–water partition coefficient (Wildman–Crippen LogP) is 2.58. The minimum absolute atomic E-state index is 0.0174. The van der Waals surface area contributed by atoms with E-state index in [-0.39, 0.29) is 11.5 Å². The number of benzene rings is 1. The molecule has 23 heavy (non-hydrogen) atoms. The summed E-state index contributed by atoms with van der Waals surface area (Å²) < 4.78 is 1.67. The van der Waals surface area contributed by atoms with E-state index in [4.69, 9.17) is 0 Å². The molecule has 1 fully saturated rings. The van der Waals surface area contributed by atoms with Gasteiger partial charge in [0.2, 0.25) is 5.91 Å². The molecule has 5 nitrogen and oxygen atoms in total. The van der Waals surface area contributed by atoms with Gasteiger partial charge in [-0.2, -0.15) is 0 Å². The van der Waals surface area contributed by atoms with Crippen molar-refractivity contribution in [3.63, 3.8) is 0 Å². The van der Waals surface area contributed by atoms with Gasteiger partial charge >= 0.3 is 0 Å². The number of carbonyl (C=O) groups excluding carboxylic acids is 1. The molecule has 1 saturated heterocycles. The summed E-state index contributed by atoms with van der Waals surface area (Å²) in [6, 6.07) is 7.41. The Bertz CT molecular complexity index is 732. The van der Waals surface area contributed by atoms with Crippen molar-refractivity contribution in [2.75, 3.05) is 13.1 Å². The van der Waals surface area contributed by atoms with E-state index in [0.717, 1.165) is 50.7 Å². The first-order chi connectivity index (χ1) is 11.3. The molecule has 2 aromatic rings. The number of carbonyl (C=O) groups is 1. The van der Waals surface area contributed by atoms with E-state index in [2.05, 4.69) is 4.98 Å². The largest absolute Gasteiger partial charge is 0.343 e. The van der Waals surface area contributed by atoms with Crippen LogP contribution >= 0.6 is 0 Å². The number of hydrogen-bond acceptors (Lipinski definition) is 3. The standard InChI is InChI=1S/C18H23N3O2/c22-17(20-11-6-7-12-20)10-2-1-5-13-21-14-19-16-9-4-3-8-15(16)18(21)23/h3-4,8-9,14H,1-2,5-7,10-13H2. The third kappa shape index (κ3) is 3.78. The maximum Gasteiger partial charge on any atom is 0.261 e. The van der Waals surface area contributed by atoms with Gasteiger partial charge in [0.15, 0.2) is 0 Å². The van der Waals surface area contributed by atoms with E-state index in [1.165, 1.54) is 0 Å². The second kappa shape index (κ2) is 7.40. The van der Waals surface area contributed by atoms with Crippen LogP contribution in [0.25, 0.3) is 10.9 Å². The molecule has 1 aliphatic heterocycles. The Balaban J connectivity index is 1.46. The van der Waals surface area contributed by atoms with E-state index in [0.29, 0.717) is 18.4 Å². The molecule has 1 aromatic carbocycles.